The van der Waals surface area contributed by atoms with Crippen molar-refractivity contribution in [1.82, 2.24) is 10.3 Å². The van der Waals surface area contributed by atoms with Crippen LogP contribution < -0.4 is 10.2 Å². The predicted octanol–water partition coefficient (Wildman–Crippen LogP) is 4.00. The highest BCUT2D eigenvalue weighted by Gasteiger charge is 2.25. The van der Waals surface area contributed by atoms with Crippen LogP contribution in [0.1, 0.15) is 63.6 Å². The highest BCUT2D eigenvalue weighted by molar-refractivity contribution is 7.15. The number of hydrogen-bond acceptors (Lipinski definition) is 4. The molecule has 20 heavy (non-hydrogen) atoms. The van der Waals surface area contributed by atoms with Crippen LogP contribution in [0.3, 0.4) is 0 Å². The molecule has 2 rings (SSSR count). The first kappa shape index (κ1) is 15.8. The molecule has 0 aliphatic heterocycles. The van der Waals surface area contributed by atoms with E-state index in [1.54, 1.807) is 0 Å². The van der Waals surface area contributed by atoms with Gasteiger partial charge in [-0.15, -0.1) is 0 Å². The van der Waals surface area contributed by atoms with Crippen molar-refractivity contribution < 1.29 is 0 Å². The molecule has 0 saturated heterocycles. The Bertz CT molecular complexity index is 416. The second-order valence-corrected chi connectivity index (χ2v) is 6.87. The second kappa shape index (κ2) is 7.41. The van der Waals surface area contributed by atoms with E-state index in [-0.39, 0.29) is 0 Å². The highest BCUT2D eigenvalue weighted by atomic mass is 32.1. The number of aryl methyl sites for hydroxylation is 1. The van der Waals surface area contributed by atoms with Gasteiger partial charge in [-0.1, -0.05) is 38.5 Å². The SMILES string of the molecule is CCNC1CCCc2nc(N(CC)CC(C)CC)sc21. The Morgan fingerprint density at radius 3 is 2.85 bits per heavy atom. The normalized spacial score (nSPS) is 19.7. The van der Waals surface area contributed by atoms with Crippen LogP contribution in [0.4, 0.5) is 5.13 Å². The number of fused-ring (bicyclic) bond motifs is 1. The molecule has 1 aliphatic rings. The van der Waals surface area contributed by atoms with Crippen molar-refractivity contribution >= 4 is 16.5 Å². The zero-order valence-electron chi connectivity index (χ0n) is 13.4. The minimum Gasteiger partial charge on any atom is -0.348 e. The van der Waals surface area contributed by atoms with Gasteiger partial charge in [0.2, 0.25) is 0 Å². The lowest BCUT2D eigenvalue weighted by atomic mass is 9.98. The van der Waals surface area contributed by atoms with E-state index in [1.807, 2.05) is 11.3 Å². The third-order valence-electron chi connectivity index (χ3n) is 4.27. The van der Waals surface area contributed by atoms with E-state index in [9.17, 15) is 0 Å². The molecular formula is C16H29N3S. The van der Waals surface area contributed by atoms with Gasteiger partial charge in [-0.2, -0.15) is 0 Å². The summed E-state index contributed by atoms with van der Waals surface area (Å²) in [6, 6.07) is 0.539. The Balaban J connectivity index is 2.16. The van der Waals surface area contributed by atoms with E-state index in [2.05, 4.69) is 37.9 Å². The standard InChI is InChI=1S/C16H29N3S/c1-5-12(4)11-19(7-3)16-18-14-10-8-9-13(17-6-2)15(14)20-16/h12-13,17H,5-11H2,1-4H3. The van der Waals surface area contributed by atoms with Gasteiger partial charge in [0, 0.05) is 24.0 Å². The van der Waals surface area contributed by atoms with E-state index in [1.165, 1.54) is 35.0 Å². The lowest BCUT2D eigenvalue weighted by molar-refractivity contribution is 0.476. The van der Waals surface area contributed by atoms with Gasteiger partial charge in [-0.3, -0.25) is 0 Å². The summed E-state index contributed by atoms with van der Waals surface area (Å²) in [6.45, 7) is 12.3. The lowest BCUT2D eigenvalue weighted by Gasteiger charge is -2.23. The third-order valence-corrected chi connectivity index (χ3v) is 5.54. The number of aromatic nitrogens is 1. The molecule has 0 spiro atoms. The van der Waals surface area contributed by atoms with Crippen LogP contribution in [-0.2, 0) is 6.42 Å². The first-order valence-corrected chi connectivity index (χ1v) is 8.99. The van der Waals surface area contributed by atoms with Crippen LogP contribution in [0, 0.1) is 5.92 Å². The highest BCUT2D eigenvalue weighted by Crippen LogP contribution is 2.37. The second-order valence-electron chi connectivity index (χ2n) is 5.86. The first-order valence-electron chi connectivity index (χ1n) is 8.17. The summed E-state index contributed by atoms with van der Waals surface area (Å²) in [6.07, 6.45) is 4.93. The summed E-state index contributed by atoms with van der Waals surface area (Å²) < 4.78 is 0. The fourth-order valence-electron chi connectivity index (χ4n) is 2.83. The third kappa shape index (κ3) is 3.53. The van der Waals surface area contributed by atoms with Gasteiger partial charge >= 0.3 is 0 Å². The molecule has 1 aromatic rings. The van der Waals surface area contributed by atoms with Crippen LogP contribution in [0.15, 0.2) is 0 Å². The topological polar surface area (TPSA) is 28.2 Å². The molecule has 1 aromatic heterocycles. The predicted molar refractivity (Wildman–Crippen MR) is 88.8 cm³/mol. The Hall–Kier alpha value is -0.610. The molecule has 114 valence electrons. The van der Waals surface area contributed by atoms with Crippen molar-refractivity contribution in [3.05, 3.63) is 10.6 Å². The zero-order valence-corrected chi connectivity index (χ0v) is 14.2. The minimum atomic E-state index is 0.539. The van der Waals surface area contributed by atoms with Gasteiger partial charge in [0.15, 0.2) is 5.13 Å². The van der Waals surface area contributed by atoms with Gasteiger partial charge in [0.05, 0.1) is 5.69 Å². The molecule has 0 fully saturated rings. The molecule has 4 heteroatoms. The molecule has 0 aromatic carbocycles. The van der Waals surface area contributed by atoms with Gasteiger partial charge in [0.1, 0.15) is 0 Å². The summed E-state index contributed by atoms with van der Waals surface area (Å²) in [4.78, 5) is 8.90. The number of nitrogens with zero attached hydrogens (tertiary/aromatic N) is 2. The molecule has 3 nitrogen and oxygen atoms in total. The van der Waals surface area contributed by atoms with E-state index in [0.29, 0.717) is 6.04 Å². The van der Waals surface area contributed by atoms with Gasteiger partial charge in [-0.05, 0) is 38.6 Å². The first-order chi connectivity index (χ1) is 9.69. The van der Waals surface area contributed by atoms with Gasteiger partial charge in [0.25, 0.3) is 0 Å². The Morgan fingerprint density at radius 2 is 2.20 bits per heavy atom. The molecule has 0 radical (unpaired) electrons. The maximum atomic E-state index is 4.95. The quantitative estimate of drug-likeness (QED) is 0.824. The van der Waals surface area contributed by atoms with Gasteiger partial charge < -0.3 is 10.2 Å². The average molecular weight is 295 g/mol. The van der Waals surface area contributed by atoms with Crippen LogP contribution in [0.5, 0.6) is 0 Å². The molecule has 0 saturated carbocycles. The van der Waals surface area contributed by atoms with Crippen LogP contribution in [0.2, 0.25) is 0 Å². The fraction of sp³-hybridized carbons (Fsp3) is 0.812. The largest absolute Gasteiger partial charge is 0.348 e. The number of nitrogens with one attached hydrogen (secondary N) is 1. The molecule has 2 atom stereocenters. The monoisotopic (exact) mass is 295 g/mol. The fourth-order valence-corrected chi connectivity index (χ4v) is 4.13. The number of anilines is 1. The Morgan fingerprint density at radius 1 is 1.40 bits per heavy atom. The minimum absolute atomic E-state index is 0.539. The maximum Gasteiger partial charge on any atom is 0.185 e. The average Bonchev–Trinajstić information content (AvgIpc) is 2.89. The molecule has 0 amide bonds. The Labute approximate surface area is 127 Å². The van der Waals surface area contributed by atoms with Crippen LogP contribution in [-0.4, -0.2) is 24.6 Å². The van der Waals surface area contributed by atoms with E-state index in [0.717, 1.165) is 32.0 Å². The molecule has 1 heterocycles. The zero-order chi connectivity index (χ0) is 14.5. The van der Waals surface area contributed by atoms with E-state index >= 15 is 0 Å². The van der Waals surface area contributed by atoms with Crippen molar-refractivity contribution in [1.29, 1.82) is 0 Å². The van der Waals surface area contributed by atoms with Crippen LogP contribution in [0.25, 0.3) is 0 Å². The molecule has 0 bridgehead atoms. The van der Waals surface area contributed by atoms with E-state index < -0.39 is 0 Å². The summed E-state index contributed by atoms with van der Waals surface area (Å²) >= 11 is 1.92. The van der Waals surface area contributed by atoms with Crippen molar-refractivity contribution in [3.63, 3.8) is 0 Å². The van der Waals surface area contributed by atoms with Crippen molar-refractivity contribution in [2.24, 2.45) is 5.92 Å². The molecule has 1 N–H and O–H groups in total. The summed E-state index contributed by atoms with van der Waals surface area (Å²) in [5.41, 5.74) is 1.35. The van der Waals surface area contributed by atoms with Crippen molar-refractivity contribution in [3.8, 4) is 0 Å². The van der Waals surface area contributed by atoms with Crippen molar-refractivity contribution in [2.45, 2.75) is 59.4 Å². The maximum absolute atomic E-state index is 4.95. The molecule has 1 aliphatic carbocycles. The summed E-state index contributed by atoms with van der Waals surface area (Å²) in [5.74, 6) is 0.737. The molecule has 2 unspecified atom stereocenters. The number of thiazole rings is 1. The van der Waals surface area contributed by atoms with Gasteiger partial charge in [-0.25, -0.2) is 4.98 Å². The van der Waals surface area contributed by atoms with E-state index in [4.69, 9.17) is 4.98 Å². The number of rotatable bonds is 7. The number of hydrogen-bond donors (Lipinski definition) is 1. The molecular weight excluding hydrogens is 266 g/mol. The van der Waals surface area contributed by atoms with Crippen molar-refractivity contribution in [2.75, 3.05) is 24.5 Å². The smallest absolute Gasteiger partial charge is 0.185 e. The summed E-state index contributed by atoms with van der Waals surface area (Å²) in [7, 11) is 0. The Kier molecular flexibility index (Phi) is 5.85. The lowest BCUT2D eigenvalue weighted by Crippen LogP contribution is -2.27. The van der Waals surface area contributed by atoms with Crippen LogP contribution >= 0.6 is 11.3 Å². The summed E-state index contributed by atoms with van der Waals surface area (Å²) in [5, 5.41) is 4.85.